The Hall–Kier alpha value is -2.07. The Bertz CT molecular complexity index is 573. The van der Waals surface area contributed by atoms with Crippen molar-refractivity contribution in [1.82, 2.24) is 0 Å². The Labute approximate surface area is 109 Å². The van der Waals surface area contributed by atoms with Gasteiger partial charge < -0.3 is 10.4 Å². The number of nitrogens with one attached hydrogen (secondary N) is 1. The number of hydrogen-bond donors (Lipinski definition) is 2. The number of anilines is 1. The predicted molar refractivity (Wildman–Crippen MR) is 74.8 cm³/mol. The van der Waals surface area contributed by atoms with Gasteiger partial charge in [0.1, 0.15) is 5.75 Å². The smallest absolute Gasteiger partial charge is 0.248 e. The molecule has 1 aromatic carbocycles. The van der Waals surface area contributed by atoms with Gasteiger partial charge in [-0.25, -0.2) is 0 Å². The molecule has 0 aliphatic rings. The van der Waals surface area contributed by atoms with E-state index in [4.69, 9.17) is 0 Å². The number of phenolic OH excluding ortho intramolecular Hbond substituents is 1. The maximum absolute atomic E-state index is 11.7. The highest BCUT2D eigenvalue weighted by Crippen LogP contribution is 2.20. The highest BCUT2D eigenvalue weighted by molar-refractivity contribution is 7.10. The van der Waals surface area contributed by atoms with Crippen LogP contribution in [0.1, 0.15) is 10.4 Å². The molecule has 1 aromatic heterocycles. The molecule has 0 aliphatic heterocycles. The summed E-state index contributed by atoms with van der Waals surface area (Å²) >= 11 is 1.58. The van der Waals surface area contributed by atoms with E-state index >= 15 is 0 Å². The third-order valence-electron chi connectivity index (χ3n) is 2.41. The van der Waals surface area contributed by atoms with Crippen LogP contribution < -0.4 is 5.32 Å². The van der Waals surface area contributed by atoms with Crippen molar-refractivity contribution < 1.29 is 9.90 Å². The number of hydrogen-bond acceptors (Lipinski definition) is 3. The summed E-state index contributed by atoms with van der Waals surface area (Å²) < 4.78 is 0. The van der Waals surface area contributed by atoms with E-state index in [2.05, 4.69) is 5.32 Å². The zero-order valence-corrected chi connectivity index (χ0v) is 10.7. The Balaban J connectivity index is 2.03. The summed E-state index contributed by atoms with van der Waals surface area (Å²) in [6.45, 7) is 1.83. The lowest BCUT2D eigenvalue weighted by molar-refractivity contribution is -0.111. The maximum Gasteiger partial charge on any atom is 0.248 e. The minimum absolute atomic E-state index is 0.183. The van der Waals surface area contributed by atoms with Gasteiger partial charge >= 0.3 is 0 Å². The van der Waals surface area contributed by atoms with Crippen LogP contribution in [0.5, 0.6) is 5.75 Å². The Morgan fingerprint density at radius 2 is 2.22 bits per heavy atom. The number of phenols is 1. The highest BCUT2D eigenvalue weighted by Gasteiger charge is 2.02. The van der Waals surface area contributed by atoms with Gasteiger partial charge in [-0.1, -0.05) is 6.07 Å². The molecule has 0 bridgehead atoms. The van der Waals surface area contributed by atoms with Crippen LogP contribution in [0.3, 0.4) is 0 Å². The van der Waals surface area contributed by atoms with Gasteiger partial charge in [-0.3, -0.25) is 4.79 Å². The Morgan fingerprint density at radius 3 is 2.89 bits per heavy atom. The normalized spacial score (nSPS) is 10.7. The van der Waals surface area contributed by atoms with E-state index in [1.165, 1.54) is 6.08 Å². The fourth-order valence-electron chi connectivity index (χ4n) is 1.51. The Morgan fingerprint density at radius 1 is 1.39 bits per heavy atom. The van der Waals surface area contributed by atoms with Gasteiger partial charge in [0.05, 0.1) is 0 Å². The number of amides is 1. The molecular formula is C14H13NO2S. The number of rotatable bonds is 3. The SMILES string of the molecule is Cc1cc(O)ccc1NC(=O)/C=C/c1cccs1. The molecule has 2 N–H and O–H groups in total. The predicted octanol–water partition coefficient (Wildman–Crippen LogP) is 3.41. The van der Waals surface area contributed by atoms with Crippen LogP contribution in [0.2, 0.25) is 0 Å². The van der Waals surface area contributed by atoms with Crippen LogP contribution in [0, 0.1) is 6.92 Å². The average molecular weight is 259 g/mol. The van der Waals surface area contributed by atoms with Crippen molar-refractivity contribution >= 4 is 29.0 Å². The van der Waals surface area contributed by atoms with Crippen LogP contribution in [0.15, 0.2) is 41.8 Å². The third kappa shape index (κ3) is 3.21. The monoisotopic (exact) mass is 259 g/mol. The summed E-state index contributed by atoms with van der Waals surface area (Å²) in [5.41, 5.74) is 1.53. The van der Waals surface area contributed by atoms with Crippen molar-refractivity contribution in [2.45, 2.75) is 6.92 Å². The van der Waals surface area contributed by atoms with Crippen molar-refractivity contribution in [3.05, 3.63) is 52.2 Å². The molecule has 3 nitrogen and oxygen atoms in total. The van der Waals surface area contributed by atoms with Crippen molar-refractivity contribution in [2.24, 2.45) is 0 Å². The fraction of sp³-hybridized carbons (Fsp3) is 0.0714. The highest BCUT2D eigenvalue weighted by atomic mass is 32.1. The molecule has 0 saturated heterocycles. The number of aromatic hydroxyl groups is 1. The number of carbonyl (C=O) groups excluding carboxylic acids is 1. The van der Waals surface area contributed by atoms with Crippen LogP contribution >= 0.6 is 11.3 Å². The quantitative estimate of drug-likeness (QED) is 0.655. The molecular weight excluding hydrogens is 246 g/mol. The molecule has 92 valence electrons. The van der Waals surface area contributed by atoms with Crippen LogP contribution in [0.25, 0.3) is 6.08 Å². The number of aryl methyl sites for hydroxylation is 1. The van der Waals surface area contributed by atoms with E-state index in [1.54, 1.807) is 35.6 Å². The van der Waals surface area contributed by atoms with Crippen molar-refractivity contribution in [3.8, 4) is 5.75 Å². The first-order valence-electron chi connectivity index (χ1n) is 5.47. The molecule has 1 amide bonds. The van der Waals surface area contributed by atoms with Crippen molar-refractivity contribution in [2.75, 3.05) is 5.32 Å². The second kappa shape index (κ2) is 5.51. The average Bonchev–Trinajstić information content (AvgIpc) is 2.83. The lowest BCUT2D eigenvalue weighted by Gasteiger charge is -2.06. The lowest BCUT2D eigenvalue weighted by Crippen LogP contribution is -2.08. The van der Waals surface area contributed by atoms with E-state index in [9.17, 15) is 9.90 Å². The standard InChI is InChI=1S/C14H13NO2S/c1-10-9-11(16)4-6-13(10)15-14(17)7-5-12-3-2-8-18-12/h2-9,16H,1H3,(H,15,17)/b7-5+. The van der Waals surface area contributed by atoms with E-state index in [0.717, 1.165) is 10.4 Å². The van der Waals surface area contributed by atoms with E-state index < -0.39 is 0 Å². The minimum atomic E-state index is -0.183. The van der Waals surface area contributed by atoms with E-state index in [1.807, 2.05) is 24.4 Å². The lowest BCUT2D eigenvalue weighted by atomic mass is 10.2. The van der Waals surface area contributed by atoms with Crippen LogP contribution in [-0.2, 0) is 4.79 Å². The number of thiophene rings is 1. The molecule has 0 saturated carbocycles. The molecule has 0 radical (unpaired) electrons. The second-order valence-corrected chi connectivity index (χ2v) is 4.82. The van der Waals surface area contributed by atoms with Gasteiger partial charge in [0.2, 0.25) is 5.91 Å². The fourth-order valence-corrected chi connectivity index (χ4v) is 2.12. The van der Waals surface area contributed by atoms with E-state index in [0.29, 0.717) is 5.69 Å². The molecule has 4 heteroatoms. The topological polar surface area (TPSA) is 49.3 Å². The first-order valence-corrected chi connectivity index (χ1v) is 6.35. The molecule has 0 fully saturated rings. The molecule has 2 rings (SSSR count). The second-order valence-electron chi connectivity index (χ2n) is 3.84. The van der Waals surface area contributed by atoms with Gasteiger partial charge in [-0.2, -0.15) is 0 Å². The number of carbonyl (C=O) groups is 1. The summed E-state index contributed by atoms with van der Waals surface area (Å²) in [4.78, 5) is 12.7. The molecule has 1 heterocycles. The number of benzene rings is 1. The third-order valence-corrected chi connectivity index (χ3v) is 3.25. The molecule has 18 heavy (non-hydrogen) atoms. The summed E-state index contributed by atoms with van der Waals surface area (Å²) in [7, 11) is 0. The van der Waals surface area contributed by atoms with Gasteiger partial charge in [0.15, 0.2) is 0 Å². The molecule has 0 aliphatic carbocycles. The first kappa shape index (κ1) is 12.4. The summed E-state index contributed by atoms with van der Waals surface area (Å²) in [6.07, 6.45) is 3.27. The van der Waals surface area contributed by atoms with Gasteiger partial charge in [0, 0.05) is 16.6 Å². The largest absolute Gasteiger partial charge is 0.508 e. The molecule has 0 spiro atoms. The first-order chi connectivity index (χ1) is 8.65. The molecule has 0 unspecified atom stereocenters. The maximum atomic E-state index is 11.7. The summed E-state index contributed by atoms with van der Waals surface area (Å²) in [6, 6.07) is 8.72. The van der Waals surface area contributed by atoms with Crippen molar-refractivity contribution in [1.29, 1.82) is 0 Å². The molecule has 2 aromatic rings. The zero-order valence-electron chi connectivity index (χ0n) is 9.88. The van der Waals surface area contributed by atoms with E-state index in [-0.39, 0.29) is 11.7 Å². The summed E-state index contributed by atoms with van der Waals surface area (Å²) in [5, 5.41) is 14.0. The Kier molecular flexibility index (Phi) is 3.79. The van der Waals surface area contributed by atoms with Gasteiger partial charge in [-0.15, -0.1) is 11.3 Å². The van der Waals surface area contributed by atoms with Crippen LogP contribution in [-0.4, -0.2) is 11.0 Å². The molecule has 0 atom stereocenters. The van der Waals surface area contributed by atoms with Gasteiger partial charge in [-0.05, 0) is 48.2 Å². The van der Waals surface area contributed by atoms with Crippen LogP contribution in [0.4, 0.5) is 5.69 Å². The van der Waals surface area contributed by atoms with Crippen molar-refractivity contribution in [3.63, 3.8) is 0 Å². The summed E-state index contributed by atoms with van der Waals surface area (Å²) in [5.74, 6) is 0.0109. The zero-order chi connectivity index (χ0) is 13.0. The van der Waals surface area contributed by atoms with Gasteiger partial charge in [0.25, 0.3) is 0 Å². The minimum Gasteiger partial charge on any atom is -0.508 e.